The fraction of sp³-hybridized carbons (Fsp3) is 0.0204. The van der Waals surface area contributed by atoms with Crippen LogP contribution in [0.15, 0.2) is 199 Å². The lowest BCUT2D eigenvalue weighted by atomic mass is 9.68. The molecule has 2 heteroatoms. The van der Waals surface area contributed by atoms with E-state index in [1.807, 2.05) is 0 Å². The smallest absolute Gasteiger partial charge is 0.0713 e. The van der Waals surface area contributed by atoms with Gasteiger partial charge in [0.05, 0.1) is 16.4 Å². The van der Waals surface area contributed by atoms with E-state index < -0.39 is 5.41 Å². The van der Waals surface area contributed by atoms with Gasteiger partial charge >= 0.3 is 0 Å². The van der Waals surface area contributed by atoms with Crippen molar-refractivity contribution in [1.29, 1.82) is 0 Å². The predicted molar refractivity (Wildman–Crippen MR) is 217 cm³/mol. The first-order chi connectivity index (χ1) is 25.2. The largest absolute Gasteiger partial charge is 0.309 e. The molecule has 1 aromatic heterocycles. The van der Waals surface area contributed by atoms with Crippen LogP contribution in [0.1, 0.15) is 22.3 Å². The average molecular weight is 715 g/mol. The summed E-state index contributed by atoms with van der Waals surface area (Å²) >= 11 is 3.75. The highest BCUT2D eigenvalue weighted by Gasteiger charge is 2.46. The Balaban J connectivity index is 1.17. The quantitative estimate of drug-likeness (QED) is 0.167. The van der Waals surface area contributed by atoms with Gasteiger partial charge in [-0.2, -0.15) is 0 Å². The van der Waals surface area contributed by atoms with Gasteiger partial charge in [0.2, 0.25) is 0 Å². The minimum Gasteiger partial charge on any atom is -0.309 e. The van der Waals surface area contributed by atoms with Crippen LogP contribution in [0, 0.1) is 0 Å². The highest BCUT2D eigenvalue weighted by atomic mass is 79.9. The first kappa shape index (κ1) is 29.9. The maximum Gasteiger partial charge on any atom is 0.0713 e. The maximum absolute atomic E-state index is 3.75. The molecule has 0 radical (unpaired) electrons. The van der Waals surface area contributed by atoms with E-state index in [0.717, 1.165) is 10.2 Å². The van der Waals surface area contributed by atoms with Crippen molar-refractivity contribution in [1.82, 2.24) is 4.57 Å². The molecular weight excluding hydrogens is 682 g/mol. The van der Waals surface area contributed by atoms with Gasteiger partial charge in [-0.05, 0) is 98.1 Å². The van der Waals surface area contributed by atoms with E-state index in [9.17, 15) is 0 Å². The Morgan fingerprint density at radius 2 is 0.980 bits per heavy atom. The molecule has 1 aliphatic rings. The zero-order chi connectivity index (χ0) is 33.9. The second kappa shape index (κ2) is 11.8. The Morgan fingerprint density at radius 1 is 0.373 bits per heavy atom. The van der Waals surface area contributed by atoms with Gasteiger partial charge in [0.1, 0.15) is 0 Å². The molecule has 9 aromatic rings. The number of hydrogen-bond donors (Lipinski definition) is 0. The second-order valence-electron chi connectivity index (χ2n) is 13.4. The van der Waals surface area contributed by atoms with E-state index in [4.69, 9.17) is 0 Å². The lowest BCUT2D eigenvalue weighted by Gasteiger charge is -2.33. The van der Waals surface area contributed by atoms with E-state index in [1.165, 1.54) is 77.4 Å². The Kier molecular flexibility index (Phi) is 6.94. The maximum atomic E-state index is 3.75. The fourth-order valence-electron chi connectivity index (χ4n) is 8.57. The van der Waals surface area contributed by atoms with Crippen molar-refractivity contribution in [3.05, 3.63) is 221 Å². The summed E-state index contributed by atoms with van der Waals surface area (Å²) in [5.41, 5.74) is 15.7. The zero-order valence-corrected chi connectivity index (χ0v) is 29.4. The van der Waals surface area contributed by atoms with Gasteiger partial charge in [0.15, 0.2) is 0 Å². The molecule has 0 spiro atoms. The number of rotatable bonds is 5. The molecule has 1 nitrogen and oxygen atoms in total. The third-order valence-electron chi connectivity index (χ3n) is 10.8. The van der Waals surface area contributed by atoms with Gasteiger partial charge < -0.3 is 4.57 Å². The molecular formula is C49H32BrN. The van der Waals surface area contributed by atoms with Crippen LogP contribution in [-0.2, 0) is 5.41 Å². The van der Waals surface area contributed by atoms with Gasteiger partial charge in [-0.15, -0.1) is 0 Å². The first-order valence-corrected chi connectivity index (χ1v) is 18.3. The lowest BCUT2D eigenvalue weighted by Crippen LogP contribution is -2.28. The van der Waals surface area contributed by atoms with Crippen molar-refractivity contribution < 1.29 is 0 Å². The van der Waals surface area contributed by atoms with Crippen molar-refractivity contribution >= 4 is 37.7 Å². The van der Waals surface area contributed by atoms with E-state index in [-0.39, 0.29) is 0 Å². The summed E-state index contributed by atoms with van der Waals surface area (Å²) < 4.78 is 3.54. The highest BCUT2D eigenvalue weighted by Crippen LogP contribution is 2.56. The number of aromatic nitrogens is 1. The van der Waals surface area contributed by atoms with Gasteiger partial charge in [0.25, 0.3) is 0 Å². The molecule has 0 fully saturated rings. The molecule has 0 atom stereocenters. The van der Waals surface area contributed by atoms with Crippen LogP contribution in [0.25, 0.3) is 60.9 Å². The minimum absolute atomic E-state index is 0.410. The zero-order valence-electron chi connectivity index (χ0n) is 27.8. The number of fused-ring (bicyclic) bond motifs is 6. The van der Waals surface area contributed by atoms with Crippen LogP contribution in [0.4, 0.5) is 0 Å². The second-order valence-corrected chi connectivity index (χ2v) is 14.3. The third kappa shape index (κ3) is 4.53. The molecule has 1 heterocycles. The molecule has 0 unspecified atom stereocenters. The number of hydrogen-bond acceptors (Lipinski definition) is 0. The van der Waals surface area contributed by atoms with Crippen LogP contribution in [-0.4, -0.2) is 4.57 Å². The predicted octanol–water partition coefficient (Wildman–Crippen LogP) is 13.2. The molecule has 51 heavy (non-hydrogen) atoms. The van der Waals surface area contributed by atoms with Crippen LogP contribution in [0.5, 0.6) is 0 Å². The molecule has 0 aliphatic heterocycles. The number of para-hydroxylation sites is 1. The van der Waals surface area contributed by atoms with E-state index in [2.05, 4.69) is 215 Å². The molecule has 0 N–H and O–H groups in total. The lowest BCUT2D eigenvalue weighted by molar-refractivity contribution is 0.768. The molecule has 1 aliphatic carbocycles. The minimum atomic E-state index is -0.410. The average Bonchev–Trinajstić information content (AvgIpc) is 3.69. The summed E-state index contributed by atoms with van der Waals surface area (Å²) in [6, 6.07) is 71.1. The van der Waals surface area contributed by atoms with Crippen molar-refractivity contribution in [2.45, 2.75) is 5.41 Å². The van der Waals surface area contributed by atoms with Crippen LogP contribution in [0.2, 0.25) is 0 Å². The molecule has 0 amide bonds. The highest BCUT2D eigenvalue weighted by molar-refractivity contribution is 9.10. The van der Waals surface area contributed by atoms with E-state index in [0.29, 0.717) is 0 Å². The fourth-order valence-corrected chi connectivity index (χ4v) is 9.08. The molecule has 0 bridgehead atoms. The van der Waals surface area contributed by atoms with Crippen LogP contribution < -0.4 is 0 Å². The summed E-state index contributed by atoms with van der Waals surface area (Å²) in [5, 5.41) is 2.50. The van der Waals surface area contributed by atoms with Gasteiger partial charge in [0, 0.05) is 20.9 Å². The van der Waals surface area contributed by atoms with Crippen molar-refractivity contribution in [2.24, 2.45) is 0 Å². The summed E-state index contributed by atoms with van der Waals surface area (Å²) in [6.07, 6.45) is 0. The number of nitrogens with zero attached hydrogens (tertiary/aromatic N) is 1. The van der Waals surface area contributed by atoms with E-state index in [1.54, 1.807) is 0 Å². The number of benzene rings is 8. The van der Waals surface area contributed by atoms with E-state index >= 15 is 0 Å². The summed E-state index contributed by atoms with van der Waals surface area (Å²) in [5.74, 6) is 0. The van der Waals surface area contributed by atoms with Crippen molar-refractivity contribution in [3.63, 3.8) is 0 Å². The first-order valence-electron chi connectivity index (χ1n) is 17.5. The van der Waals surface area contributed by atoms with Crippen molar-refractivity contribution in [2.75, 3.05) is 0 Å². The summed E-state index contributed by atoms with van der Waals surface area (Å²) in [6.45, 7) is 0. The molecule has 240 valence electrons. The normalized spacial score (nSPS) is 13.0. The van der Waals surface area contributed by atoms with Crippen LogP contribution in [0.3, 0.4) is 0 Å². The van der Waals surface area contributed by atoms with Gasteiger partial charge in [-0.3, -0.25) is 0 Å². The molecule has 0 saturated heterocycles. The Morgan fingerprint density at radius 3 is 1.76 bits per heavy atom. The van der Waals surface area contributed by atoms with Gasteiger partial charge in [-0.25, -0.2) is 0 Å². The summed E-state index contributed by atoms with van der Waals surface area (Å²) in [4.78, 5) is 0. The Hall–Kier alpha value is -5.96. The molecule has 0 saturated carbocycles. The number of halogens is 1. The van der Waals surface area contributed by atoms with Crippen molar-refractivity contribution in [3.8, 4) is 39.1 Å². The summed E-state index contributed by atoms with van der Waals surface area (Å²) in [7, 11) is 0. The monoisotopic (exact) mass is 713 g/mol. The standard InChI is InChI=1S/C49H32BrN/c50-46-24-11-8-20-39(46)35-15-13-14-33(30-35)34-26-29-48-43(31-34)41-22-9-12-25-47(41)51(48)38-27-28-45-42(32-38)40-21-7-10-23-44(40)49(45,36-16-3-1-4-17-36)37-18-5-2-6-19-37/h1-32H. The SMILES string of the molecule is Brc1ccccc1-c1cccc(-c2ccc3c(c2)c2ccccc2n3-c2ccc3c(c2)-c2ccccc2C3(c2ccccc2)c2ccccc2)c1. The topological polar surface area (TPSA) is 4.93 Å². The van der Waals surface area contributed by atoms with Crippen LogP contribution >= 0.6 is 15.9 Å². The Bertz CT molecular complexity index is 2720. The Labute approximate surface area is 306 Å². The van der Waals surface area contributed by atoms with Gasteiger partial charge in [-0.1, -0.05) is 168 Å². The molecule has 8 aromatic carbocycles. The third-order valence-corrected chi connectivity index (χ3v) is 11.4. The molecule has 10 rings (SSSR count).